The van der Waals surface area contributed by atoms with Crippen LogP contribution in [-0.2, 0) is 13.2 Å². The summed E-state index contributed by atoms with van der Waals surface area (Å²) in [6.45, 7) is 1.08. The van der Waals surface area contributed by atoms with E-state index in [1.807, 2.05) is 41.8 Å². The molecule has 3 aromatic rings. The van der Waals surface area contributed by atoms with Gasteiger partial charge in [-0.1, -0.05) is 39.7 Å². The van der Waals surface area contributed by atoms with Gasteiger partial charge in [-0.25, -0.2) is 4.98 Å². The normalized spacial score (nSPS) is 10.5. The third kappa shape index (κ3) is 4.87. The number of rotatable bonds is 7. The lowest BCUT2D eigenvalue weighted by Crippen LogP contribution is -2.02. The molecule has 0 saturated carbocycles. The van der Waals surface area contributed by atoms with Gasteiger partial charge in [-0.15, -0.1) is 11.3 Å². The van der Waals surface area contributed by atoms with E-state index < -0.39 is 0 Å². The molecule has 1 heterocycles. The van der Waals surface area contributed by atoms with E-state index in [2.05, 4.69) is 26.2 Å². The molecule has 130 valence electrons. The highest BCUT2D eigenvalue weighted by molar-refractivity contribution is 9.10. The Morgan fingerprint density at radius 3 is 2.68 bits per heavy atom. The fourth-order valence-electron chi connectivity index (χ4n) is 2.21. The number of hydrogen-bond acceptors (Lipinski definition) is 5. The zero-order valence-electron chi connectivity index (χ0n) is 13.5. The molecule has 0 amide bonds. The highest BCUT2D eigenvalue weighted by Crippen LogP contribution is 2.34. The number of benzene rings is 2. The molecule has 0 unspecified atom stereocenters. The van der Waals surface area contributed by atoms with E-state index in [0.717, 1.165) is 20.7 Å². The maximum atomic E-state index is 5.91. The molecule has 4 nitrogen and oxygen atoms in total. The van der Waals surface area contributed by atoms with E-state index >= 15 is 0 Å². The monoisotopic (exact) mass is 438 g/mol. The Labute approximate surface area is 163 Å². The zero-order valence-corrected chi connectivity index (χ0v) is 16.6. The summed E-state index contributed by atoms with van der Waals surface area (Å²) in [5.74, 6) is 1.37. The molecule has 0 atom stereocenters. The van der Waals surface area contributed by atoms with Crippen molar-refractivity contribution in [3.63, 3.8) is 0 Å². The Kier molecular flexibility index (Phi) is 6.18. The lowest BCUT2D eigenvalue weighted by Gasteiger charge is -2.14. The number of thiazole rings is 1. The number of ether oxygens (including phenoxy) is 2. The van der Waals surface area contributed by atoms with Crippen molar-refractivity contribution in [3.05, 3.63) is 68.6 Å². The second-order valence-electron chi connectivity index (χ2n) is 5.20. The third-order valence-electron chi connectivity index (χ3n) is 3.50. The Balaban J connectivity index is 1.71. The van der Waals surface area contributed by atoms with Gasteiger partial charge < -0.3 is 14.8 Å². The zero-order chi connectivity index (χ0) is 17.6. The molecule has 7 heteroatoms. The minimum Gasteiger partial charge on any atom is -0.493 e. The van der Waals surface area contributed by atoms with Crippen LogP contribution in [0.25, 0.3) is 0 Å². The van der Waals surface area contributed by atoms with Gasteiger partial charge in [0, 0.05) is 27.6 Å². The summed E-state index contributed by atoms with van der Waals surface area (Å²) >= 11 is 11.1. The van der Waals surface area contributed by atoms with Crippen LogP contribution in [0.5, 0.6) is 11.5 Å². The lowest BCUT2D eigenvalue weighted by atomic mass is 10.2. The van der Waals surface area contributed by atoms with Crippen LogP contribution in [0, 0.1) is 0 Å². The van der Waals surface area contributed by atoms with Crippen molar-refractivity contribution in [1.29, 1.82) is 0 Å². The predicted octanol–water partition coefficient (Wildman–Crippen LogP) is 5.76. The number of anilines is 1. The van der Waals surface area contributed by atoms with Gasteiger partial charge in [-0.2, -0.15) is 0 Å². The minimum atomic E-state index is 0.441. The van der Waals surface area contributed by atoms with E-state index in [0.29, 0.717) is 29.7 Å². The fourth-order valence-corrected chi connectivity index (χ4v) is 3.32. The number of nitrogens with one attached hydrogen (secondary N) is 1. The summed E-state index contributed by atoms with van der Waals surface area (Å²) in [7, 11) is 1.64. The highest BCUT2D eigenvalue weighted by Gasteiger charge is 2.11. The Hall–Kier alpha value is -1.76. The van der Waals surface area contributed by atoms with E-state index in [1.54, 1.807) is 24.6 Å². The molecule has 0 aliphatic rings. The number of halogens is 2. The van der Waals surface area contributed by atoms with Crippen LogP contribution in [0.3, 0.4) is 0 Å². The first-order chi connectivity index (χ1) is 12.2. The smallest absolute Gasteiger partial charge is 0.182 e. The summed E-state index contributed by atoms with van der Waals surface area (Å²) in [5.41, 5.74) is 2.10. The van der Waals surface area contributed by atoms with Crippen molar-refractivity contribution in [2.24, 2.45) is 0 Å². The van der Waals surface area contributed by atoms with Gasteiger partial charge in [0.15, 0.2) is 16.6 Å². The average molecular weight is 440 g/mol. The maximum Gasteiger partial charge on any atom is 0.182 e. The summed E-state index contributed by atoms with van der Waals surface area (Å²) in [6.07, 6.45) is 1.77. The summed E-state index contributed by atoms with van der Waals surface area (Å²) in [6, 6.07) is 11.5. The number of hydrogen-bond donors (Lipinski definition) is 1. The fraction of sp³-hybridized carbons (Fsp3) is 0.167. The van der Waals surface area contributed by atoms with Crippen LogP contribution in [0.15, 0.2) is 52.4 Å². The van der Waals surface area contributed by atoms with E-state index in [4.69, 9.17) is 21.1 Å². The Morgan fingerprint density at radius 1 is 1.20 bits per heavy atom. The predicted molar refractivity (Wildman–Crippen MR) is 106 cm³/mol. The second-order valence-corrected chi connectivity index (χ2v) is 7.39. The van der Waals surface area contributed by atoms with Crippen LogP contribution >= 0.6 is 38.9 Å². The van der Waals surface area contributed by atoms with Gasteiger partial charge >= 0.3 is 0 Å². The molecule has 3 rings (SSSR count). The first-order valence-electron chi connectivity index (χ1n) is 7.52. The van der Waals surface area contributed by atoms with Crippen LogP contribution in [0.2, 0.25) is 5.02 Å². The van der Waals surface area contributed by atoms with Crippen LogP contribution in [-0.4, -0.2) is 12.1 Å². The molecular weight excluding hydrogens is 424 g/mol. The van der Waals surface area contributed by atoms with Gasteiger partial charge in [0.2, 0.25) is 0 Å². The lowest BCUT2D eigenvalue weighted by molar-refractivity contribution is 0.284. The molecule has 0 bridgehead atoms. The molecule has 0 fully saturated rings. The largest absolute Gasteiger partial charge is 0.493 e. The van der Waals surface area contributed by atoms with Crippen LogP contribution < -0.4 is 14.8 Å². The molecule has 25 heavy (non-hydrogen) atoms. The Morgan fingerprint density at radius 2 is 2.00 bits per heavy atom. The molecule has 2 aromatic carbocycles. The molecule has 1 N–H and O–H groups in total. The van der Waals surface area contributed by atoms with Gasteiger partial charge in [0.05, 0.1) is 7.11 Å². The van der Waals surface area contributed by atoms with Crippen molar-refractivity contribution in [1.82, 2.24) is 4.98 Å². The van der Waals surface area contributed by atoms with Gasteiger partial charge in [-0.05, 0) is 35.4 Å². The molecule has 0 radical (unpaired) electrons. The third-order valence-corrected chi connectivity index (χ3v) is 5.22. The van der Waals surface area contributed by atoms with Crippen molar-refractivity contribution in [2.75, 3.05) is 12.4 Å². The van der Waals surface area contributed by atoms with Gasteiger partial charge in [0.25, 0.3) is 0 Å². The van der Waals surface area contributed by atoms with Crippen molar-refractivity contribution in [2.45, 2.75) is 13.2 Å². The topological polar surface area (TPSA) is 43.4 Å². The van der Waals surface area contributed by atoms with Crippen molar-refractivity contribution >= 4 is 44.0 Å². The van der Waals surface area contributed by atoms with Gasteiger partial charge in [-0.3, -0.25) is 0 Å². The van der Waals surface area contributed by atoms with Crippen molar-refractivity contribution < 1.29 is 9.47 Å². The number of nitrogens with zero attached hydrogens (tertiary/aromatic N) is 1. The van der Waals surface area contributed by atoms with E-state index in [1.165, 1.54) is 0 Å². The molecule has 0 aliphatic carbocycles. The van der Waals surface area contributed by atoms with Crippen LogP contribution in [0.1, 0.15) is 11.1 Å². The van der Waals surface area contributed by atoms with Crippen LogP contribution in [0.4, 0.5) is 5.13 Å². The molecule has 0 saturated heterocycles. The quantitative estimate of drug-likeness (QED) is 0.508. The molecule has 1 aromatic heterocycles. The standard InChI is InChI=1S/C18H16BrClN2O2S/c1-23-16-8-13(10-22-18-21-6-7-25-18)15(19)9-17(16)24-11-12-2-4-14(20)5-3-12/h2-9H,10-11H2,1H3,(H,21,22). The van der Waals surface area contributed by atoms with Crippen molar-refractivity contribution in [3.8, 4) is 11.5 Å². The molecule has 0 spiro atoms. The minimum absolute atomic E-state index is 0.441. The average Bonchev–Trinajstić information content (AvgIpc) is 3.14. The highest BCUT2D eigenvalue weighted by atomic mass is 79.9. The Bertz CT molecular complexity index is 826. The SMILES string of the molecule is COc1cc(CNc2nccs2)c(Br)cc1OCc1ccc(Cl)cc1. The van der Waals surface area contributed by atoms with E-state index in [-0.39, 0.29) is 0 Å². The summed E-state index contributed by atoms with van der Waals surface area (Å²) in [5, 5.41) is 6.81. The second kappa shape index (κ2) is 8.56. The molecular formula is C18H16BrClN2O2S. The summed E-state index contributed by atoms with van der Waals surface area (Å²) < 4.78 is 12.3. The number of aromatic nitrogens is 1. The first kappa shape index (κ1) is 18.0. The number of methoxy groups -OCH3 is 1. The van der Waals surface area contributed by atoms with E-state index in [9.17, 15) is 0 Å². The first-order valence-corrected chi connectivity index (χ1v) is 9.58. The maximum absolute atomic E-state index is 5.91. The van der Waals surface area contributed by atoms with Gasteiger partial charge in [0.1, 0.15) is 6.61 Å². The molecule has 0 aliphatic heterocycles. The summed E-state index contributed by atoms with van der Waals surface area (Å²) in [4.78, 5) is 4.22.